The number of aliphatic imine (C=N–C) groups is 1. The molecule has 0 radical (unpaired) electrons. The number of nitrogens with zero attached hydrogens (tertiary/aromatic N) is 2. The predicted octanol–water partition coefficient (Wildman–Crippen LogP) is 3.30. The molecule has 1 saturated heterocycles. The van der Waals surface area contributed by atoms with Crippen molar-refractivity contribution in [2.24, 2.45) is 4.99 Å². The molecule has 1 heterocycles. The van der Waals surface area contributed by atoms with Gasteiger partial charge in [0.1, 0.15) is 5.75 Å². The molecule has 1 aromatic rings. The zero-order valence-corrected chi connectivity index (χ0v) is 20.6. The van der Waals surface area contributed by atoms with Crippen LogP contribution in [0.5, 0.6) is 5.75 Å². The highest BCUT2D eigenvalue weighted by atomic mass is 127. The lowest BCUT2D eigenvalue weighted by molar-refractivity contribution is 0.128. The molecule has 0 saturated carbocycles. The molecule has 1 aromatic carbocycles. The average Bonchev–Trinajstić information content (AvgIpc) is 2.72. The Morgan fingerprint density at radius 1 is 1.21 bits per heavy atom. The molecule has 0 aromatic heterocycles. The number of ether oxygens (including phenoxy) is 2. The van der Waals surface area contributed by atoms with Crippen LogP contribution in [0.2, 0.25) is 0 Å². The van der Waals surface area contributed by atoms with Crippen molar-refractivity contribution in [2.75, 3.05) is 53.0 Å². The number of halogens is 1. The normalized spacial score (nSPS) is 15.6. The lowest BCUT2D eigenvalue weighted by Gasteiger charge is -2.32. The third-order valence-electron chi connectivity index (χ3n) is 4.93. The van der Waals surface area contributed by atoms with Crippen LogP contribution < -0.4 is 15.4 Å². The van der Waals surface area contributed by atoms with Crippen molar-refractivity contribution < 1.29 is 9.47 Å². The second kappa shape index (κ2) is 15.7. The molecule has 7 heteroatoms. The van der Waals surface area contributed by atoms with Crippen LogP contribution in [0.15, 0.2) is 29.3 Å². The predicted molar refractivity (Wildman–Crippen MR) is 132 cm³/mol. The monoisotopic (exact) mass is 518 g/mol. The Hall–Kier alpha value is -1.06. The number of methoxy groups -OCH3 is 1. The van der Waals surface area contributed by atoms with Gasteiger partial charge in [-0.2, -0.15) is 0 Å². The van der Waals surface area contributed by atoms with Crippen LogP contribution >= 0.6 is 24.0 Å². The number of nitrogens with one attached hydrogen (secondary N) is 2. The molecule has 29 heavy (non-hydrogen) atoms. The fourth-order valence-electron chi connectivity index (χ4n) is 3.34. The van der Waals surface area contributed by atoms with E-state index >= 15 is 0 Å². The van der Waals surface area contributed by atoms with Crippen LogP contribution in [0, 0.1) is 0 Å². The summed E-state index contributed by atoms with van der Waals surface area (Å²) in [6.07, 6.45) is 4.22. The van der Waals surface area contributed by atoms with Gasteiger partial charge in [0.15, 0.2) is 5.96 Å². The summed E-state index contributed by atoms with van der Waals surface area (Å²) in [5, 5.41) is 7.00. The minimum absolute atomic E-state index is 0. The summed E-state index contributed by atoms with van der Waals surface area (Å²) in [7, 11) is 1.77. The van der Waals surface area contributed by atoms with Crippen molar-refractivity contribution in [1.29, 1.82) is 0 Å². The fraction of sp³-hybridized carbons (Fsp3) is 0.682. The largest absolute Gasteiger partial charge is 0.494 e. The third kappa shape index (κ3) is 10.5. The number of piperidine rings is 1. The molecule has 0 unspecified atom stereocenters. The number of hydrogen-bond acceptors (Lipinski definition) is 4. The van der Waals surface area contributed by atoms with Gasteiger partial charge < -0.3 is 25.0 Å². The van der Waals surface area contributed by atoms with Gasteiger partial charge in [-0.25, -0.2) is 0 Å². The molecule has 0 amide bonds. The summed E-state index contributed by atoms with van der Waals surface area (Å²) in [5.41, 5.74) is 1.26. The van der Waals surface area contributed by atoms with E-state index in [1.807, 2.05) is 6.07 Å². The Balaban J connectivity index is 0.00000420. The first-order valence-corrected chi connectivity index (χ1v) is 10.7. The van der Waals surface area contributed by atoms with Gasteiger partial charge in [0.2, 0.25) is 0 Å². The quantitative estimate of drug-likeness (QED) is 0.268. The summed E-state index contributed by atoms with van der Waals surface area (Å²) >= 11 is 0. The highest BCUT2D eigenvalue weighted by Crippen LogP contribution is 2.14. The number of hydrogen-bond donors (Lipinski definition) is 2. The zero-order chi connectivity index (χ0) is 20.0. The molecular formula is C22H39IN4O2. The summed E-state index contributed by atoms with van der Waals surface area (Å²) in [6, 6.07) is 8.84. The van der Waals surface area contributed by atoms with Gasteiger partial charge in [-0.1, -0.05) is 19.1 Å². The van der Waals surface area contributed by atoms with Crippen LogP contribution in [0.3, 0.4) is 0 Å². The van der Waals surface area contributed by atoms with Crippen molar-refractivity contribution in [3.8, 4) is 5.75 Å². The topological polar surface area (TPSA) is 58.1 Å². The van der Waals surface area contributed by atoms with Gasteiger partial charge in [0.25, 0.3) is 0 Å². The molecule has 0 spiro atoms. The summed E-state index contributed by atoms with van der Waals surface area (Å²) in [5.74, 6) is 1.88. The van der Waals surface area contributed by atoms with Crippen molar-refractivity contribution in [3.63, 3.8) is 0 Å². The molecule has 1 aliphatic rings. The van der Waals surface area contributed by atoms with E-state index in [1.54, 1.807) is 7.11 Å². The van der Waals surface area contributed by atoms with Crippen molar-refractivity contribution in [2.45, 2.75) is 45.6 Å². The summed E-state index contributed by atoms with van der Waals surface area (Å²) in [6.45, 7) is 10.7. The first-order valence-electron chi connectivity index (χ1n) is 10.7. The van der Waals surface area contributed by atoms with E-state index in [0.717, 1.165) is 83.3 Å². The highest BCUT2D eigenvalue weighted by Gasteiger charge is 2.19. The van der Waals surface area contributed by atoms with E-state index in [1.165, 1.54) is 5.56 Å². The van der Waals surface area contributed by atoms with E-state index in [0.29, 0.717) is 6.04 Å². The average molecular weight is 518 g/mol. The van der Waals surface area contributed by atoms with Crippen LogP contribution in [0.25, 0.3) is 0 Å². The summed E-state index contributed by atoms with van der Waals surface area (Å²) < 4.78 is 10.9. The highest BCUT2D eigenvalue weighted by molar-refractivity contribution is 14.0. The van der Waals surface area contributed by atoms with Crippen molar-refractivity contribution in [1.82, 2.24) is 15.5 Å². The first-order chi connectivity index (χ1) is 13.7. The zero-order valence-electron chi connectivity index (χ0n) is 18.3. The van der Waals surface area contributed by atoms with E-state index in [-0.39, 0.29) is 24.0 Å². The van der Waals surface area contributed by atoms with Gasteiger partial charge in [-0.3, -0.25) is 4.99 Å². The maximum atomic E-state index is 5.72. The minimum Gasteiger partial charge on any atom is -0.494 e. The Morgan fingerprint density at radius 2 is 2.00 bits per heavy atom. The SMILES string of the molecule is CCCOc1cccc(CCN=C(NCC)NC2CCN(CCOC)CC2)c1.I. The lowest BCUT2D eigenvalue weighted by atomic mass is 10.1. The van der Waals surface area contributed by atoms with E-state index in [9.17, 15) is 0 Å². The van der Waals surface area contributed by atoms with Crippen LogP contribution in [0.1, 0.15) is 38.7 Å². The Kier molecular flexibility index (Phi) is 14.1. The maximum Gasteiger partial charge on any atom is 0.191 e. The minimum atomic E-state index is 0. The van der Waals surface area contributed by atoms with E-state index in [4.69, 9.17) is 14.5 Å². The van der Waals surface area contributed by atoms with Crippen LogP contribution in [-0.4, -0.2) is 69.9 Å². The number of benzene rings is 1. The number of likely N-dealkylation sites (tertiary alicyclic amines) is 1. The molecule has 0 atom stereocenters. The van der Waals surface area contributed by atoms with Gasteiger partial charge in [0.05, 0.1) is 13.2 Å². The molecule has 166 valence electrons. The first kappa shape index (κ1) is 26.0. The Morgan fingerprint density at radius 3 is 2.69 bits per heavy atom. The molecule has 0 bridgehead atoms. The lowest BCUT2D eigenvalue weighted by Crippen LogP contribution is -2.49. The smallest absolute Gasteiger partial charge is 0.191 e. The maximum absolute atomic E-state index is 5.72. The van der Waals surface area contributed by atoms with Gasteiger partial charge in [-0.15, -0.1) is 24.0 Å². The van der Waals surface area contributed by atoms with Crippen molar-refractivity contribution in [3.05, 3.63) is 29.8 Å². The molecule has 1 aliphatic heterocycles. The molecule has 0 aliphatic carbocycles. The molecule has 2 N–H and O–H groups in total. The molecule has 6 nitrogen and oxygen atoms in total. The molecule has 2 rings (SSSR count). The Labute approximate surface area is 193 Å². The van der Waals surface area contributed by atoms with E-state index in [2.05, 4.69) is 47.6 Å². The second-order valence-electron chi connectivity index (χ2n) is 7.26. The van der Waals surface area contributed by atoms with E-state index < -0.39 is 0 Å². The summed E-state index contributed by atoms with van der Waals surface area (Å²) in [4.78, 5) is 7.25. The number of guanidine groups is 1. The molecular weight excluding hydrogens is 479 g/mol. The van der Waals surface area contributed by atoms with Gasteiger partial charge in [0, 0.05) is 45.9 Å². The van der Waals surface area contributed by atoms with Crippen LogP contribution in [0.4, 0.5) is 0 Å². The molecule has 1 fully saturated rings. The standard InChI is InChI=1S/C22H38N4O2.HI/c1-4-16-28-21-8-6-7-19(18-21)9-12-24-22(23-5-2)25-20-10-13-26(14-11-20)15-17-27-3;/h6-8,18,20H,4-5,9-17H2,1-3H3,(H2,23,24,25);1H. The van der Waals surface area contributed by atoms with Crippen molar-refractivity contribution >= 4 is 29.9 Å². The fourth-order valence-corrected chi connectivity index (χ4v) is 3.34. The van der Waals surface area contributed by atoms with Gasteiger partial charge >= 0.3 is 0 Å². The van der Waals surface area contributed by atoms with Crippen LogP contribution in [-0.2, 0) is 11.2 Å². The Bertz CT molecular complexity index is 578. The van der Waals surface area contributed by atoms with Gasteiger partial charge in [-0.05, 0) is 50.3 Å². The second-order valence-corrected chi connectivity index (χ2v) is 7.26. The number of rotatable bonds is 11. The third-order valence-corrected chi connectivity index (χ3v) is 4.93.